The Morgan fingerprint density at radius 3 is 2.67 bits per heavy atom. The van der Waals surface area contributed by atoms with E-state index in [0.29, 0.717) is 17.1 Å². The van der Waals surface area contributed by atoms with Crippen LogP contribution in [-0.4, -0.2) is 30.4 Å². The summed E-state index contributed by atoms with van der Waals surface area (Å²) in [6.07, 6.45) is -0.549. The summed E-state index contributed by atoms with van der Waals surface area (Å²) in [7, 11) is 1.53. The van der Waals surface area contributed by atoms with Crippen molar-refractivity contribution in [2.75, 3.05) is 13.8 Å². The molecule has 21 heavy (non-hydrogen) atoms. The van der Waals surface area contributed by atoms with Crippen molar-refractivity contribution in [1.29, 1.82) is 5.26 Å². The van der Waals surface area contributed by atoms with E-state index in [0.717, 1.165) is 0 Å². The van der Waals surface area contributed by atoms with Crippen molar-refractivity contribution in [2.45, 2.75) is 32.4 Å². The Morgan fingerprint density at radius 2 is 2.05 bits per heavy atom. The molecular weight excluding hydrogens is 272 g/mol. The van der Waals surface area contributed by atoms with Crippen LogP contribution < -0.4 is 9.47 Å². The van der Waals surface area contributed by atoms with E-state index in [1.807, 2.05) is 0 Å². The molecule has 1 unspecified atom stereocenters. The van der Waals surface area contributed by atoms with Gasteiger partial charge in [0.2, 0.25) is 6.79 Å². The minimum Gasteiger partial charge on any atom is -0.454 e. The normalized spacial score (nSPS) is 14.2. The Kier molecular flexibility index (Phi) is 3.94. The molecule has 0 spiro atoms. The van der Waals surface area contributed by atoms with Gasteiger partial charge >= 0.3 is 6.09 Å². The van der Waals surface area contributed by atoms with Gasteiger partial charge in [0.05, 0.1) is 6.07 Å². The van der Waals surface area contributed by atoms with Gasteiger partial charge in [0.25, 0.3) is 0 Å². The predicted molar refractivity (Wildman–Crippen MR) is 74.9 cm³/mol. The highest BCUT2D eigenvalue weighted by Gasteiger charge is 2.27. The van der Waals surface area contributed by atoms with E-state index < -0.39 is 17.7 Å². The van der Waals surface area contributed by atoms with Gasteiger partial charge in [0.15, 0.2) is 11.5 Å². The van der Waals surface area contributed by atoms with Crippen molar-refractivity contribution < 1.29 is 19.0 Å². The molecule has 112 valence electrons. The van der Waals surface area contributed by atoms with Crippen LogP contribution in [0.1, 0.15) is 32.4 Å². The molecule has 6 nitrogen and oxygen atoms in total. The average Bonchev–Trinajstić information content (AvgIpc) is 2.84. The number of carbonyl (C=O) groups excluding carboxylic acids is 1. The largest absolute Gasteiger partial charge is 0.454 e. The maximum Gasteiger partial charge on any atom is 0.411 e. The molecule has 0 bridgehead atoms. The number of nitriles is 1. The third-order valence-corrected chi connectivity index (χ3v) is 2.90. The SMILES string of the molecule is CN(C(=O)OC(C)(C)C)C(C#N)c1ccc2c(c1)OCO2. The van der Waals surface area contributed by atoms with Crippen LogP contribution in [-0.2, 0) is 4.74 Å². The molecule has 1 aliphatic heterocycles. The van der Waals surface area contributed by atoms with Crippen LogP contribution in [0.15, 0.2) is 18.2 Å². The smallest absolute Gasteiger partial charge is 0.411 e. The number of hydrogen-bond acceptors (Lipinski definition) is 5. The van der Waals surface area contributed by atoms with E-state index in [1.165, 1.54) is 11.9 Å². The molecule has 0 radical (unpaired) electrons. The number of fused-ring (bicyclic) bond motifs is 1. The van der Waals surface area contributed by atoms with Gasteiger partial charge in [0.1, 0.15) is 11.6 Å². The summed E-state index contributed by atoms with van der Waals surface area (Å²) in [4.78, 5) is 13.3. The van der Waals surface area contributed by atoms with Gasteiger partial charge in [0, 0.05) is 7.05 Å². The monoisotopic (exact) mass is 290 g/mol. The summed E-state index contributed by atoms with van der Waals surface area (Å²) in [5.41, 5.74) is 0.0374. The first-order valence-corrected chi connectivity index (χ1v) is 6.57. The Hall–Kier alpha value is -2.42. The molecule has 0 fully saturated rings. The van der Waals surface area contributed by atoms with Crippen LogP contribution >= 0.6 is 0 Å². The lowest BCUT2D eigenvalue weighted by atomic mass is 10.1. The summed E-state index contributed by atoms with van der Waals surface area (Å²) in [5, 5.41) is 9.37. The van der Waals surface area contributed by atoms with Crippen molar-refractivity contribution >= 4 is 6.09 Å². The number of nitrogens with zero attached hydrogens (tertiary/aromatic N) is 2. The number of benzene rings is 1. The zero-order chi connectivity index (χ0) is 15.6. The predicted octanol–water partition coefficient (Wildman–Crippen LogP) is 2.85. The molecule has 6 heteroatoms. The minimum atomic E-state index is -0.755. The van der Waals surface area contributed by atoms with Crippen LogP contribution in [0.3, 0.4) is 0 Å². The van der Waals surface area contributed by atoms with Crippen LogP contribution in [0, 0.1) is 11.3 Å². The Bertz CT molecular complexity index is 586. The molecule has 0 aromatic heterocycles. The summed E-state index contributed by atoms with van der Waals surface area (Å²) in [6.45, 7) is 5.50. The van der Waals surface area contributed by atoms with E-state index >= 15 is 0 Å². The first-order chi connectivity index (χ1) is 9.81. The second-order valence-electron chi connectivity index (χ2n) is 5.74. The molecule has 0 saturated heterocycles. The first kappa shape index (κ1) is 15.0. The molecule has 1 aromatic rings. The Labute approximate surface area is 123 Å². The molecule has 1 aliphatic rings. The lowest BCUT2D eigenvalue weighted by Gasteiger charge is -2.27. The zero-order valence-electron chi connectivity index (χ0n) is 12.5. The third-order valence-electron chi connectivity index (χ3n) is 2.90. The van der Waals surface area contributed by atoms with Crippen molar-refractivity contribution in [3.8, 4) is 17.6 Å². The van der Waals surface area contributed by atoms with Gasteiger partial charge in [-0.1, -0.05) is 6.07 Å². The first-order valence-electron chi connectivity index (χ1n) is 6.57. The molecule has 0 aliphatic carbocycles. The van der Waals surface area contributed by atoms with E-state index in [4.69, 9.17) is 14.2 Å². The lowest BCUT2D eigenvalue weighted by molar-refractivity contribution is 0.0258. The minimum absolute atomic E-state index is 0.165. The van der Waals surface area contributed by atoms with E-state index in [-0.39, 0.29) is 6.79 Å². The molecule has 1 amide bonds. The maximum atomic E-state index is 12.1. The zero-order valence-corrected chi connectivity index (χ0v) is 12.5. The quantitative estimate of drug-likeness (QED) is 0.837. The number of amides is 1. The standard InChI is InChI=1S/C15H18N2O4/c1-15(2,3)21-14(18)17(4)11(8-16)10-5-6-12-13(7-10)20-9-19-12/h5-7,11H,9H2,1-4H3. The fourth-order valence-electron chi connectivity index (χ4n) is 1.91. The Balaban J connectivity index is 2.20. The van der Waals surface area contributed by atoms with Crippen LogP contribution in [0.4, 0.5) is 4.79 Å². The topological polar surface area (TPSA) is 71.8 Å². The Morgan fingerprint density at radius 1 is 1.38 bits per heavy atom. The second kappa shape index (κ2) is 5.52. The van der Waals surface area contributed by atoms with Crippen molar-refractivity contribution in [3.63, 3.8) is 0 Å². The second-order valence-corrected chi connectivity index (χ2v) is 5.74. The fraction of sp³-hybridized carbons (Fsp3) is 0.467. The molecule has 0 N–H and O–H groups in total. The van der Waals surface area contributed by atoms with Crippen molar-refractivity contribution in [1.82, 2.24) is 4.90 Å². The van der Waals surface area contributed by atoms with Gasteiger partial charge in [-0.2, -0.15) is 5.26 Å². The van der Waals surface area contributed by atoms with Crippen molar-refractivity contribution in [3.05, 3.63) is 23.8 Å². The van der Waals surface area contributed by atoms with E-state index in [9.17, 15) is 10.1 Å². The molecule has 2 rings (SSSR count). The van der Waals surface area contributed by atoms with Gasteiger partial charge in [-0.25, -0.2) is 4.79 Å². The van der Waals surface area contributed by atoms with Crippen LogP contribution in [0.2, 0.25) is 0 Å². The maximum absolute atomic E-state index is 12.1. The number of rotatable bonds is 2. The van der Waals surface area contributed by atoms with Gasteiger partial charge in [-0.3, -0.25) is 4.90 Å². The summed E-state index contributed by atoms with van der Waals surface area (Å²) in [5.74, 6) is 1.21. The average molecular weight is 290 g/mol. The highest BCUT2D eigenvalue weighted by molar-refractivity contribution is 5.69. The summed E-state index contributed by atoms with van der Waals surface area (Å²) in [6, 6.07) is 6.52. The fourth-order valence-corrected chi connectivity index (χ4v) is 1.91. The van der Waals surface area contributed by atoms with Gasteiger partial charge in [-0.15, -0.1) is 0 Å². The molecule has 1 atom stereocenters. The highest BCUT2D eigenvalue weighted by atomic mass is 16.7. The molecule has 1 heterocycles. The van der Waals surface area contributed by atoms with E-state index in [1.54, 1.807) is 39.0 Å². The van der Waals surface area contributed by atoms with Gasteiger partial charge < -0.3 is 14.2 Å². The molecule has 1 aromatic carbocycles. The van der Waals surface area contributed by atoms with Crippen LogP contribution in [0.5, 0.6) is 11.5 Å². The number of hydrogen-bond donors (Lipinski definition) is 0. The van der Waals surface area contributed by atoms with Gasteiger partial charge in [-0.05, 0) is 38.5 Å². The molecular formula is C15H18N2O4. The van der Waals surface area contributed by atoms with Crippen molar-refractivity contribution in [2.24, 2.45) is 0 Å². The third kappa shape index (κ3) is 3.37. The lowest BCUT2D eigenvalue weighted by Crippen LogP contribution is -2.36. The van der Waals surface area contributed by atoms with Crippen LogP contribution in [0.25, 0.3) is 0 Å². The summed E-state index contributed by atoms with van der Waals surface area (Å²) < 4.78 is 15.8. The number of ether oxygens (including phenoxy) is 3. The highest BCUT2D eigenvalue weighted by Crippen LogP contribution is 2.35. The summed E-state index contributed by atoms with van der Waals surface area (Å²) >= 11 is 0. The van der Waals surface area contributed by atoms with E-state index in [2.05, 4.69) is 6.07 Å². The molecule has 0 saturated carbocycles. The number of carbonyl (C=O) groups is 1.